The van der Waals surface area contributed by atoms with Gasteiger partial charge in [-0.05, 0) is 50.2 Å². The minimum absolute atomic E-state index is 0.133. The summed E-state index contributed by atoms with van der Waals surface area (Å²) >= 11 is 4.92. The summed E-state index contributed by atoms with van der Waals surface area (Å²) in [5.41, 5.74) is 1.69. The largest absolute Gasteiger partial charge is 0.429 e. The topological polar surface area (TPSA) is 67.3 Å². The van der Waals surface area contributed by atoms with E-state index in [-0.39, 0.29) is 11.5 Å². The number of rotatable bonds is 3. The number of aromatic nitrogens is 1. The summed E-state index contributed by atoms with van der Waals surface area (Å²) in [6.45, 7) is 3.30. The predicted octanol–water partition coefficient (Wildman–Crippen LogP) is 2.79. The van der Waals surface area contributed by atoms with Gasteiger partial charge in [-0.2, -0.15) is 0 Å². The summed E-state index contributed by atoms with van der Waals surface area (Å²) in [4.78, 5) is 15.4. The van der Waals surface area contributed by atoms with Crippen LogP contribution in [-0.2, 0) is 4.74 Å². The lowest BCUT2D eigenvalue weighted by Crippen LogP contribution is -2.40. The Kier molecular flexibility index (Phi) is 3.35. The third-order valence-electron chi connectivity index (χ3n) is 3.61. The van der Waals surface area contributed by atoms with Crippen LogP contribution in [0.15, 0.2) is 22.6 Å². The van der Waals surface area contributed by atoms with E-state index >= 15 is 0 Å². The summed E-state index contributed by atoms with van der Waals surface area (Å²) in [7, 11) is 0. The number of fused-ring (bicyclic) bond motifs is 1. The Hall–Kier alpha value is -1.66. The SMILES string of the molecule is C[C@]1(CNC(=O)c2ccc3[nH]c(=S)oc3c2)CCCO1. The molecule has 0 bridgehead atoms. The van der Waals surface area contributed by atoms with Crippen LogP contribution in [0.2, 0.25) is 0 Å². The van der Waals surface area contributed by atoms with Crippen molar-refractivity contribution in [3.05, 3.63) is 28.6 Å². The van der Waals surface area contributed by atoms with Crippen LogP contribution in [0.1, 0.15) is 30.1 Å². The molecule has 1 aliphatic rings. The van der Waals surface area contributed by atoms with Crippen LogP contribution >= 0.6 is 12.2 Å². The van der Waals surface area contributed by atoms with Gasteiger partial charge in [0, 0.05) is 18.7 Å². The third-order valence-corrected chi connectivity index (χ3v) is 3.79. The molecule has 1 saturated heterocycles. The molecular weight excluding hydrogens is 276 g/mol. The first-order chi connectivity index (χ1) is 9.56. The number of hydrogen-bond donors (Lipinski definition) is 2. The van der Waals surface area contributed by atoms with E-state index in [0.717, 1.165) is 25.0 Å². The number of H-pyrrole nitrogens is 1. The van der Waals surface area contributed by atoms with Crippen molar-refractivity contribution in [2.45, 2.75) is 25.4 Å². The number of aromatic amines is 1. The Morgan fingerprint density at radius 1 is 1.55 bits per heavy atom. The second-order valence-corrected chi connectivity index (χ2v) is 5.68. The summed E-state index contributed by atoms with van der Waals surface area (Å²) in [5.74, 6) is -0.133. The second kappa shape index (κ2) is 5.03. The van der Waals surface area contributed by atoms with Gasteiger partial charge < -0.3 is 19.5 Å². The Bertz CT molecular complexity index is 698. The van der Waals surface area contributed by atoms with Gasteiger partial charge in [0.25, 0.3) is 10.7 Å². The second-order valence-electron chi connectivity index (χ2n) is 5.31. The summed E-state index contributed by atoms with van der Waals surface area (Å²) in [6.07, 6.45) is 2.01. The third kappa shape index (κ3) is 2.62. The molecule has 2 N–H and O–H groups in total. The molecule has 2 heterocycles. The number of nitrogens with one attached hydrogen (secondary N) is 2. The van der Waals surface area contributed by atoms with Crippen LogP contribution in [0, 0.1) is 4.84 Å². The standard InChI is InChI=1S/C14H16N2O3S/c1-14(5-2-6-18-14)8-15-12(17)9-3-4-10-11(7-9)19-13(20)16-10/h3-4,7H,2,5-6,8H2,1H3,(H,15,17)(H,16,20)/t14-/m1/s1. The van der Waals surface area contributed by atoms with Crippen LogP contribution in [0.4, 0.5) is 0 Å². The zero-order valence-corrected chi connectivity index (χ0v) is 12.0. The lowest BCUT2D eigenvalue weighted by atomic mass is 10.0. The first kappa shape index (κ1) is 13.3. The highest BCUT2D eigenvalue weighted by molar-refractivity contribution is 7.71. The van der Waals surface area contributed by atoms with Crippen LogP contribution < -0.4 is 5.32 Å². The van der Waals surface area contributed by atoms with Gasteiger partial charge in [0.05, 0.1) is 11.1 Å². The highest BCUT2D eigenvalue weighted by Gasteiger charge is 2.30. The molecule has 1 fully saturated rings. The maximum absolute atomic E-state index is 12.1. The Morgan fingerprint density at radius 3 is 3.15 bits per heavy atom. The van der Waals surface area contributed by atoms with Gasteiger partial charge in [0.1, 0.15) is 0 Å². The van der Waals surface area contributed by atoms with E-state index in [2.05, 4.69) is 10.3 Å². The van der Waals surface area contributed by atoms with Gasteiger partial charge in [-0.3, -0.25) is 4.79 Å². The van der Waals surface area contributed by atoms with Gasteiger partial charge in [-0.15, -0.1) is 0 Å². The van der Waals surface area contributed by atoms with Crippen LogP contribution in [0.5, 0.6) is 0 Å². The van der Waals surface area contributed by atoms with Gasteiger partial charge in [-0.1, -0.05) is 0 Å². The molecule has 20 heavy (non-hydrogen) atoms. The monoisotopic (exact) mass is 292 g/mol. The van der Waals surface area contributed by atoms with E-state index in [4.69, 9.17) is 21.4 Å². The highest BCUT2D eigenvalue weighted by atomic mass is 32.1. The fraction of sp³-hybridized carbons (Fsp3) is 0.429. The molecule has 1 amide bonds. The molecule has 0 radical (unpaired) electrons. The summed E-state index contributed by atoms with van der Waals surface area (Å²) < 4.78 is 11.0. The Balaban J connectivity index is 1.73. The van der Waals surface area contributed by atoms with Crippen molar-refractivity contribution < 1.29 is 13.9 Å². The number of amides is 1. The first-order valence-corrected chi connectivity index (χ1v) is 7.02. The van der Waals surface area contributed by atoms with Crippen molar-refractivity contribution in [3.8, 4) is 0 Å². The van der Waals surface area contributed by atoms with Crippen molar-refractivity contribution in [2.75, 3.05) is 13.2 Å². The molecule has 1 aliphatic heterocycles. The van der Waals surface area contributed by atoms with Crippen LogP contribution in [0.3, 0.4) is 0 Å². The van der Waals surface area contributed by atoms with Crippen molar-refractivity contribution in [2.24, 2.45) is 0 Å². The maximum atomic E-state index is 12.1. The average molecular weight is 292 g/mol. The average Bonchev–Trinajstić information content (AvgIpc) is 3.00. The molecule has 0 saturated carbocycles. The van der Waals surface area contributed by atoms with Crippen molar-refractivity contribution in [3.63, 3.8) is 0 Å². The quantitative estimate of drug-likeness (QED) is 0.854. The van der Waals surface area contributed by atoms with Crippen molar-refractivity contribution >= 4 is 29.2 Å². The molecule has 106 valence electrons. The highest BCUT2D eigenvalue weighted by Crippen LogP contribution is 2.24. The smallest absolute Gasteiger partial charge is 0.266 e. The van der Waals surface area contributed by atoms with E-state index in [9.17, 15) is 4.79 Å². The van der Waals surface area contributed by atoms with Gasteiger partial charge in [0.2, 0.25) is 0 Å². The maximum Gasteiger partial charge on any atom is 0.266 e. The Labute approximate surface area is 121 Å². The molecule has 2 aromatic rings. The molecule has 0 unspecified atom stereocenters. The normalized spacial score (nSPS) is 22.2. The van der Waals surface area contributed by atoms with E-state index in [1.165, 1.54) is 0 Å². The molecule has 3 rings (SSSR count). The van der Waals surface area contributed by atoms with E-state index in [0.29, 0.717) is 22.5 Å². The Morgan fingerprint density at radius 2 is 2.40 bits per heavy atom. The van der Waals surface area contributed by atoms with Gasteiger partial charge >= 0.3 is 0 Å². The predicted molar refractivity (Wildman–Crippen MR) is 77.3 cm³/mol. The first-order valence-electron chi connectivity index (χ1n) is 6.61. The van der Waals surface area contributed by atoms with Crippen LogP contribution in [0.25, 0.3) is 11.1 Å². The van der Waals surface area contributed by atoms with E-state index in [1.54, 1.807) is 18.2 Å². The summed E-state index contributed by atoms with van der Waals surface area (Å²) in [6, 6.07) is 5.22. The molecule has 1 atom stereocenters. The molecule has 6 heteroatoms. The molecule has 0 aliphatic carbocycles. The number of ether oxygens (including phenoxy) is 1. The molecule has 1 aromatic carbocycles. The zero-order chi connectivity index (χ0) is 14.2. The minimum Gasteiger partial charge on any atom is -0.429 e. The lowest BCUT2D eigenvalue weighted by molar-refractivity contribution is 0.0206. The molecule has 1 aromatic heterocycles. The number of hydrogen-bond acceptors (Lipinski definition) is 4. The zero-order valence-electron chi connectivity index (χ0n) is 11.2. The van der Waals surface area contributed by atoms with Gasteiger partial charge in [-0.25, -0.2) is 0 Å². The molecular formula is C14H16N2O3S. The minimum atomic E-state index is -0.244. The number of carbonyl (C=O) groups excluding carboxylic acids is 1. The number of benzene rings is 1. The van der Waals surface area contributed by atoms with Crippen LogP contribution in [-0.4, -0.2) is 29.6 Å². The fourth-order valence-corrected chi connectivity index (χ4v) is 2.63. The molecule has 5 nitrogen and oxygen atoms in total. The molecule has 0 spiro atoms. The van der Waals surface area contributed by atoms with E-state index in [1.807, 2.05) is 6.92 Å². The van der Waals surface area contributed by atoms with Crippen molar-refractivity contribution in [1.82, 2.24) is 10.3 Å². The number of carbonyl (C=O) groups is 1. The summed E-state index contributed by atoms with van der Waals surface area (Å²) in [5, 5.41) is 2.91. The fourth-order valence-electron chi connectivity index (χ4n) is 2.43. The van der Waals surface area contributed by atoms with Crippen molar-refractivity contribution in [1.29, 1.82) is 0 Å². The van der Waals surface area contributed by atoms with E-state index < -0.39 is 0 Å². The lowest BCUT2D eigenvalue weighted by Gasteiger charge is -2.23. The van der Waals surface area contributed by atoms with Gasteiger partial charge in [0.15, 0.2) is 5.58 Å². The number of oxazole rings is 1.